The molecule has 4 atom stereocenters. The third-order valence-electron chi connectivity index (χ3n) is 11.2. The molecule has 14 nitrogen and oxygen atoms in total. The molecule has 3 aromatic carbocycles. The van der Waals surface area contributed by atoms with Gasteiger partial charge in [0.25, 0.3) is 5.91 Å². The summed E-state index contributed by atoms with van der Waals surface area (Å²) in [6.07, 6.45) is 8.22. The van der Waals surface area contributed by atoms with Gasteiger partial charge >= 0.3 is 12.1 Å². The van der Waals surface area contributed by atoms with Gasteiger partial charge in [-0.3, -0.25) is 19.2 Å². The number of likely N-dealkylation sites (N-methyl/N-ethyl adjacent to an activating group) is 1. The first-order valence-electron chi connectivity index (χ1n) is 22.6. The highest BCUT2D eigenvalue weighted by molar-refractivity contribution is 5.99. The van der Waals surface area contributed by atoms with Crippen LogP contribution in [-0.4, -0.2) is 88.1 Å². The zero-order valence-corrected chi connectivity index (χ0v) is 39.1. The fraction of sp³-hybridized carbons (Fsp3) is 0.451. The number of carboxylic acid groups (broad SMARTS) is 1. The lowest BCUT2D eigenvalue weighted by atomic mass is 9.92. The number of aromatic hydroxyl groups is 1. The van der Waals surface area contributed by atoms with Crippen molar-refractivity contribution in [2.75, 3.05) is 13.6 Å². The van der Waals surface area contributed by atoms with Crippen LogP contribution in [0.3, 0.4) is 0 Å². The van der Waals surface area contributed by atoms with E-state index in [0.717, 1.165) is 30.4 Å². The van der Waals surface area contributed by atoms with Crippen LogP contribution >= 0.6 is 0 Å². The normalized spacial score (nSPS) is 18.0. The van der Waals surface area contributed by atoms with Crippen LogP contribution in [0.1, 0.15) is 133 Å². The molecule has 1 aliphatic heterocycles. The molecule has 3 aromatic rings. The van der Waals surface area contributed by atoms with Crippen LogP contribution in [0.15, 0.2) is 84.5 Å². The average Bonchev–Trinajstić information content (AvgIpc) is 3.26. The Kier molecular flexibility index (Phi) is 18.9. The lowest BCUT2D eigenvalue weighted by Gasteiger charge is -2.32. The first-order chi connectivity index (χ1) is 30.8. The minimum Gasteiger partial charge on any atom is -0.507 e. The molecule has 65 heavy (non-hydrogen) atoms. The Labute approximate surface area is 383 Å². The molecular weight excluding hydrogens is 827 g/mol. The van der Waals surface area contributed by atoms with Crippen molar-refractivity contribution >= 4 is 41.3 Å². The first kappa shape index (κ1) is 51.2. The standard InChI is InChI=1S/C51H67N5O9/c1-9-12-16-34-18-20-35(21-19-34)36-22-24-37(25-23-36)46(59)54-41(17-13-14-28-52-50(64)65-51(5,6)7)48(61)56(8)44-39-26-27-43(57)40(31-39)38(15-10-2)29-33(11-3)30-42(49(62)63)55-45(58)32(4)53-47(44)60/h11,18-27,29,31-32,41-42,44,57H,9-10,12-17,28,30H2,1-8H3,(H,52,64)(H,53,60)(H,54,59)(H,55,58)(H,62,63). The molecule has 5 amide bonds. The van der Waals surface area contributed by atoms with Gasteiger partial charge in [0.2, 0.25) is 17.7 Å². The van der Waals surface area contributed by atoms with Crippen molar-refractivity contribution in [2.24, 2.45) is 0 Å². The number of carboxylic acids is 1. The van der Waals surface area contributed by atoms with Crippen LogP contribution in [-0.2, 0) is 30.3 Å². The number of allylic oxidation sites excluding steroid dienone is 3. The molecule has 0 aliphatic carbocycles. The van der Waals surface area contributed by atoms with E-state index in [1.54, 1.807) is 58.0 Å². The van der Waals surface area contributed by atoms with Gasteiger partial charge in [-0.1, -0.05) is 81.3 Å². The lowest BCUT2D eigenvalue weighted by Crippen LogP contribution is -2.54. The van der Waals surface area contributed by atoms with Crippen LogP contribution in [0.25, 0.3) is 16.7 Å². The van der Waals surface area contributed by atoms with E-state index in [-0.39, 0.29) is 25.1 Å². The highest BCUT2D eigenvalue weighted by atomic mass is 16.6. The summed E-state index contributed by atoms with van der Waals surface area (Å²) in [4.78, 5) is 82.4. The van der Waals surface area contributed by atoms with Crippen molar-refractivity contribution in [1.82, 2.24) is 26.2 Å². The number of aliphatic carboxylic acids is 1. The third kappa shape index (κ3) is 15.1. The number of aryl methyl sites for hydroxylation is 1. The maximum absolute atomic E-state index is 14.8. The summed E-state index contributed by atoms with van der Waals surface area (Å²) >= 11 is 0. The molecule has 0 spiro atoms. The summed E-state index contributed by atoms with van der Waals surface area (Å²) in [7, 11) is 1.43. The Balaban J connectivity index is 1.70. The van der Waals surface area contributed by atoms with Crippen LogP contribution in [0, 0.1) is 0 Å². The largest absolute Gasteiger partial charge is 0.507 e. The maximum Gasteiger partial charge on any atom is 0.407 e. The van der Waals surface area contributed by atoms with Crippen molar-refractivity contribution in [3.8, 4) is 16.9 Å². The summed E-state index contributed by atoms with van der Waals surface area (Å²) in [6, 6.07) is 14.9. The highest BCUT2D eigenvalue weighted by Crippen LogP contribution is 2.34. The number of carbonyl (C=O) groups excluding carboxylic acids is 5. The molecule has 1 aliphatic rings. The highest BCUT2D eigenvalue weighted by Gasteiger charge is 2.36. The second kappa shape index (κ2) is 24.0. The Morgan fingerprint density at radius 3 is 2.15 bits per heavy atom. The van der Waals surface area contributed by atoms with E-state index >= 15 is 0 Å². The SMILES string of the molecule is CC=C1C=C(CCC)c2cc(ccc2O)C(N(C)C(=O)C(CCCCNC(=O)OC(C)(C)C)NC(=O)c2ccc(-c3ccc(CCCC)cc3)cc2)C(=O)NC(C)C(=O)NC(C(=O)O)C1. The number of alkyl carbamates (subject to hydrolysis) is 1. The van der Waals surface area contributed by atoms with E-state index in [9.17, 15) is 39.0 Å². The van der Waals surface area contributed by atoms with Gasteiger partial charge in [-0.05, 0) is 131 Å². The second-order valence-corrected chi connectivity index (χ2v) is 17.6. The average molecular weight is 894 g/mol. The zero-order chi connectivity index (χ0) is 47.8. The van der Waals surface area contributed by atoms with E-state index in [4.69, 9.17) is 4.74 Å². The molecule has 0 radical (unpaired) electrons. The molecule has 1 heterocycles. The van der Waals surface area contributed by atoms with E-state index in [2.05, 4.69) is 52.5 Å². The molecular formula is C51H67N5O9. The molecule has 0 saturated carbocycles. The summed E-state index contributed by atoms with van der Waals surface area (Å²) in [5.41, 5.74) is 4.79. The summed E-state index contributed by atoms with van der Waals surface area (Å²) < 4.78 is 5.34. The van der Waals surface area contributed by atoms with Gasteiger partial charge in [-0.25, -0.2) is 9.59 Å². The minimum absolute atomic E-state index is 0.0485. The van der Waals surface area contributed by atoms with Gasteiger partial charge < -0.3 is 41.1 Å². The molecule has 2 bridgehead atoms. The number of rotatable bonds is 16. The molecule has 0 fully saturated rings. The number of ether oxygens (including phenoxy) is 1. The van der Waals surface area contributed by atoms with Crippen molar-refractivity contribution < 1.29 is 43.7 Å². The number of nitrogens with one attached hydrogen (secondary N) is 4. The van der Waals surface area contributed by atoms with E-state index in [0.29, 0.717) is 53.5 Å². The van der Waals surface area contributed by atoms with Crippen LogP contribution in [0.5, 0.6) is 5.75 Å². The smallest absolute Gasteiger partial charge is 0.407 e. The number of phenolic OH excluding ortho intramolecular Hbond substituents is 1. The van der Waals surface area contributed by atoms with E-state index in [1.807, 2.05) is 19.1 Å². The number of amides is 5. The number of nitrogens with zero attached hydrogens (tertiary/aromatic N) is 1. The van der Waals surface area contributed by atoms with Gasteiger partial charge in [0, 0.05) is 31.1 Å². The molecule has 0 aromatic heterocycles. The number of hydrogen-bond acceptors (Lipinski definition) is 8. The van der Waals surface area contributed by atoms with Gasteiger partial charge in [0.15, 0.2) is 0 Å². The topological polar surface area (TPSA) is 203 Å². The first-order valence-corrected chi connectivity index (χ1v) is 22.6. The molecule has 0 saturated heterocycles. The van der Waals surface area contributed by atoms with Crippen LogP contribution in [0.2, 0.25) is 0 Å². The van der Waals surface area contributed by atoms with Crippen molar-refractivity contribution in [1.29, 1.82) is 0 Å². The molecule has 6 N–H and O–H groups in total. The Bertz CT molecular complexity index is 2210. The number of phenols is 1. The lowest BCUT2D eigenvalue weighted by molar-refractivity contribution is -0.143. The van der Waals surface area contributed by atoms with E-state index in [1.165, 1.54) is 36.6 Å². The van der Waals surface area contributed by atoms with Crippen molar-refractivity contribution in [3.05, 3.63) is 107 Å². The number of carbonyl (C=O) groups is 6. The summed E-state index contributed by atoms with van der Waals surface area (Å²) in [5, 5.41) is 32.1. The number of fused-ring (bicyclic) bond motifs is 2. The third-order valence-corrected chi connectivity index (χ3v) is 11.2. The number of hydrogen-bond donors (Lipinski definition) is 6. The monoisotopic (exact) mass is 893 g/mol. The Hall–Kier alpha value is -6.44. The summed E-state index contributed by atoms with van der Waals surface area (Å²) in [5.74, 6) is -3.97. The van der Waals surface area contributed by atoms with Crippen LogP contribution in [0.4, 0.5) is 4.79 Å². The molecule has 4 rings (SSSR count). The fourth-order valence-electron chi connectivity index (χ4n) is 7.57. The second-order valence-electron chi connectivity index (χ2n) is 17.6. The predicted octanol–water partition coefficient (Wildman–Crippen LogP) is 8.00. The zero-order valence-electron chi connectivity index (χ0n) is 39.1. The number of unbranched alkanes of at least 4 members (excludes halogenated alkanes) is 2. The van der Waals surface area contributed by atoms with Crippen molar-refractivity contribution in [3.63, 3.8) is 0 Å². The Morgan fingerprint density at radius 2 is 1.55 bits per heavy atom. The predicted molar refractivity (Wildman–Crippen MR) is 252 cm³/mol. The van der Waals surface area contributed by atoms with E-state index < -0.39 is 65.5 Å². The van der Waals surface area contributed by atoms with Gasteiger partial charge in [0.1, 0.15) is 35.5 Å². The fourth-order valence-corrected chi connectivity index (χ4v) is 7.57. The van der Waals surface area contributed by atoms with Gasteiger partial charge in [-0.2, -0.15) is 0 Å². The maximum atomic E-state index is 14.8. The molecule has 4 unspecified atom stereocenters. The van der Waals surface area contributed by atoms with Gasteiger partial charge in [-0.15, -0.1) is 0 Å². The van der Waals surface area contributed by atoms with Crippen LogP contribution < -0.4 is 21.3 Å². The van der Waals surface area contributed by atoms with Gasteiger partial charge in [0.05, 0.1) is 0 Å². The minimum atomic E-state index is -1.37. The molecule has 350 valence electrons. The quantitative estimate of drug-likeness (QED) is 0.0771. The Morgan fingerprint density at radius 1 is 0.892 bits per heavy atom. The number of benzene rings is 3. The van der Waals surface area contributed by atoms with Crippen molar-refractivity contribution in [2.45, 2.75) is 136 Å². The summed E-state index contributed by atoms with van der Waals surface area (Å²) in [6.45, 7) is 12.8. The molecule has 14 heteroatoms.